The van der Waals surface area contributed by atoms with Gasteiger partial charge in [-0.2, -0.15) is 0 Å². The van der Waals surface area contributed by atoms with Crippen LogP contribution in [0.2, 0.25) is 0 Å². The summed E-state index contributed by atoms with van der Waals surface area (Å²) < 4.78 is 4.74. The van der Waals surface area contributed by atoms with Crippen molar-refractivity contribution in [1.29, 1.82) is 0 Å². The first-order valence-electron chi connectivity index (χ1n) is 7.08. The molecule has 1 heterocycles. The van der Waals surface area contributed by atoms with Gasteiger partial charge in [0.05, 0.1) is 6.54 Å². The number of methoxy groups -OCH3 is 1. The number of ether oxygens (including phenoxy) is 1. The molecule has 1 saturated carbocycles. The van der Waals surface area contributed by atoms with Gasteiger partial charge in [0.15, 0.2) is 5.78 Å². The van der Waals surface area contributed by atoms with Gasteiger partial charge in [0, 0.05) is 7.11 Å². The number of hydrogen-bond donors (Lipinski definition) is 1. The van der Waals surface area contributed by atoms with Crippen LogP contribution in [0.4, 0.5) is 4.79 Å². The smallest absolute Gasteiger partial charge is 0.325 e. The molecule has 2 unspecified atom stereocenters. The third-order valence-corrected chi connectivity index (χ3v) is 4.63. The number of imide groups is 1. The Morgan fingerprint density at radius 3 is 2.50 bits per heavy atom. The van der Waals surface area contributed by atoms with E-state index >= 15 is 0 Å². The fourth-order valence-electron chi connectivity index (χ4n) is 3.48. The van der Waals surface area contributed by atoms with Gasteiger partial charge in [-0.1, -0.05) is 20.3 Å². The summed E-state index contributed by atoms with van der Waals surface area (Å²) in [5.41, 5.74) is -0.831. The molecule has 2 atom stereocenters. The molecule has 112 valence electrons. The molecule has 1 spiro atoms. The molecule has 3 amide bonds. The number of carbonyl (C=O) groups is 3. The molecule has 1 aliphatic heterocycles. The number of ketones is 1. The third kappa shape index (κ3) is 2.22. The first kappa shape index (κ1) is 15.0. The Morgan fingerprint density at radius 1 is 1.35 bits per heavy atom. The lowest BCUT2D eigenvalue weighted by atomic mass is 9.67. The maximum Gasteiger partial charge on any atom is 0.325 e. The quantitative estimate of drug-likeness (QED) is 0.779. The van der Waals surface area contributed by atoms with E-state index in [0.717, 1.165) is 24.2 Å². The number of carbonyl (C=O) groups excluding carboxylic acids is 3. The summed E-state index contributed by atoms with van der Waals surface area (Å²) in [7, 11) is 1.41. The molecule has 20 heavy (non-hydrogen) atoms. The molecule has 2 aliphatic rings. The van der Waals surface area contributed by atoms with E-state index in [2.05, 4.69) is 5.32 Å². The summed E-state index contributed by atoms with van der Waals surface area (Å²) in [5, 5.41) is 2.86. The van der Waals surface area contributed by atoms with Crippen molar-refractivity contribution in [2.45, 2.75) is 38.6 Å². The average molecular weight is 282 g/mol. The highest BCUT2D eigenvalue weighted by Gasteiger charge is 2.58. The summed E-state index contributed by atoms with van der Waals surface area (Å²) in [5.74, 6) is -0.355. The molecule has 1 aliphatic carbocycles. The van der Waals surface area contributed by atoms with Crippen molar-refractivity contribution in [2.75, 3.05) is 20.3 Å². The van der Waals surface area contributed by atoms with Crippen molar-refractivity contribution in [3.8, 4) is 0 Å². The molecule has 1 saturated heterocycles. The number of hydrogen-bond acceptors (Lipinski definition) is 4. The van der Waals surface area contributed by atoms with E-state index in [-0.39, 0.29) is 36.7 Å². The van der Waals surface area contributed by atoms with E-state index < -0.39 is 11.6 Å². The molecule has 0 aromatic carbocycles. The van der Waals surface area contributed by atoms with Gasteiger partial charge in [0.25, 0.3) is 5.91 Å². The van der Waals surface area contributed by atoms with E-state index in [4.69, 9.17) is 4.74 Å². The predicted octanol–water partition coefficient (Wildman–Crippen LogP) is 0.949. The van der Waals surface area contributed by atoms with Gasteiger partial charge in [-0.05, 0) is 24.7 Å². The Hall–Kier alpha value is -1.43. The van der Waals surface area contributed by atoms with Crippen molar-refractivity contribution < 1.29 is 19.1 Å². The summed E-state index contributed by atoms with van der Waals surface area (Å²) in [6, 6.07) is -0.458. The van der Waals surface area contributed by atoms with Gasteiger partial charge >= 0.3 is 6.03 Å². The van der Waals surface area contributed by atoms with Gasteiger partial charge in [0.1, 0.15) is 12.1 Å². The Balaban J connectivity index is 2.21. The summed E-state index contributed by atoms with van der Waals surface area (Å²) in [4.78, 5) is 37.5. The maximum absolute atomic E-state index is 12.7. The van der Waals surface area contributed by atoms with Gasteiger partial charge in [-0.25, -0.2) is 4.79 Å². The zero-order valence-electron chi connectivity index (χ0n) is 12.3. The maximum atomic E-state index is 12.7. The monoisotopic (exact) mass is 282 g/mol. The van der Waals surface area contributed by atoms with Crippen LogP contribution in [0.25, 0.3) is 0 Å². The normalized spacial score (nSPS) is 33.6. The van der Waals surface area contributed by atoms with Crippen molar-refractivity contribution in [3.05, 3.63) is 0 Å². The highest BCUT2D eigenvalue weighted by molar-refractivity contribution is 6.09. The number of amides is 3. The molecule has 6 nitrogen and oxygen atoms in total. The summed E-state index contributed by atoms with van der Waals surface area (Å²) in [6.45, 7) is 3.69. The molecule has 0 aromatic rings. The zero-order chi connectivity index (χ0) is 14.9. The Labute approximate surface area is 118 Å². The van der Waals surface area contributed by atoms with Crippen LogP contribution in [0.15, 0.2) is 0 Å². The van der Waals surface area contributed by atoms with Crippen molar-refractivity contribution in [1.82, 2.24) is 10.2 Å². The van der Waals surface area contributed by atoms with Crippen LogP contribution in [-0.2, 0) is 14.3 Å². The first-order valence-corrected chi connectivity index (χ1v) is 7.08. The topological polar surface area (TPSA) is 75.7 Å². The molecule has 0 radical (unpaired) electrons. The zero-order valence-corrected chi connectivity index (χ0v) is 12.3. The Bertz CT molecular complexity index is 425. The minimum absolute atomic E-state index is 0.0881. The Kier molecular flexibility index (Phi) is 4.13. The molecule has 2 rings (SSSR count). The van der Waals surface area contributed by atoms with Crippen LogP contribution >= 0.6 is 0 Å². The predicted molar refractivity (Wildman–Crippen MR) is 72.0 cm³/mol. The highest BCUT2D eigenvalue weighted by atomic mass is 16.5. The number of urea groups is 1. The number of nitrogens with zero attached hydrogens (tertiary/aromatic N) is 1. The second-order valence-electron chi connectivity index (χ2n) is 5.90. The van der Waals surface area contributed by atoms with Crippen molar-refractivity contribution >= 4 is 17.7 Å². The van der Waals surface area contributed by atoms with Crippen LogP contribution in [0.1, 0.15) is 33.1 Å². The fraction of sp³-hybridized carbons (Fsp3) is 0.786. The van der Waals surface area contributed by atoms with Gasteiger partial charge in [0.2, 0.25) is 0 Å². The summed E-state index contributed by atoms with van der Waals surface area (Å²) in [6.07, 6.45) is 2.89. The van der Waals surface area contributed by atoms with Crippen LogP contribution in [0.3, 0.4) is 0 Å². The molecule has 1 N–H and O–H groups in total. The van der Waals surface area contributed by atoms with Crippen LogP contribution in [0, 0.1) is 11.8 Å². The van der Waals surface area contributed by atoms with Crippen LogP contribution < -0.4 is 5.32 Å². The lowest BCUT2D eigenvalue weighted by Crippen LogP contribution is -2.59. The van der Waals surface area contributed by atoms with Gasteiger partial charge in [-0.15, -0.1) is 0 Å². The first-order chi connectivity index (χ1) is 9.43. The fourth-order valence-corrected chi connectivity index (χ4v) is 3.48. The molecule has 0 bridgehead atoms. The second-order valence-corrected chi connectivity index (χ2v) is 5.90. The third-order valence-electron chi connectivity index (χ3n) is 4.63. The molecular weight excluding hydrogens is 260 g/mol. The van der Waals surface area contributed by atoms with Gasteiger partial charge < -0.3 is 10.1 Å². The molecule has 0 aromatic heterocycles. The van der Waals surface area contributed by atoms with E-state index in [1.54, 1.807) is 0 Å². The van der Waals surface area contributed by atoms with E-state index in [0.29, 0.717) is 0 Å². The van der Waals surface area contributed by atoms with E-state index in [1.807, 2.05) is 13.8 Å². The Morgan fingerprint density at radius 2 is 1.95 bits per heavy atom. The highest BCUT2D eigenvalue weighted by Crippen LogP contribution is 2.42. The number of rotatable bonds is 4. The molecule has 2 fully saturated rings. The second kappa shape index (κ2) is 5.52. The molecular formula is C14H22N2O4. The summed E-state index contributed by atoms with van der Waals surface area (Å²) >= 11 is 0. The lowest BCUT2D eigenvalue weighted by Gasteiger charge is -2.42. The van der Waals surface area contributed by atoms with Crippen molar-refractivity contribution in [2.24, 2.45) is 11.8 Å². The van der Waals surface area contributed by atoms with Crippen molar-refractivity contribution in [3.63, 3.8) is 0 Å². The van der Waals surface area contributed by atoms with Gasteiger partial charge in [-0.3, -0.25) is 14.5 Å². The SMILES string of the molecule is COCC(=O)CN1C(=O)NC2(C1=O)C(C)CCCC2C. The van der Waals surface area contributed by atoms with Crippen LogP contribution in [0.5, 0.6) is 0 Å². The van der Waals surface area contributed by atoms with E-state index in [9.17, 15) is 14.4 Å². The standard InChI is InChI=1S/C14H22N2O4/c1-9-5-4-6-10(2)14(9)12(18)16(13(19)15-14)7-11(17)8-20-3/h9-10H,4-8H2,1-3H3,(H,15,19). The lowest BCUT2D eigenvalue weighted by molar-refractivity contribution is -0.139. The minimum Gasteiger partial charge on any atom is -0.377 e. The molecule has 6 heteroatoms. The number of nitrogens with one attached hydrogen (secondary N) is 1. The number of Topliss-reactive ketones (excluding diaryl/α,β-unsaturated/α-hetero) is 1. The minimum atomic E-state index is -0.831. The van der Waals surface area contributed by atoms with Crippen LogP contribution in [-0.4, -0.2) is 48.4 Å². The largest absolute Gasteiger partial charge is 0.377 e. The average Bonchev–Trinajstić information content (AvgIpc) is 2.62. The van der Waals surface area contributed by atoms with E-state index in [1.165, 1.54) is 7.11 Å².